The van der Waals surface area contributed by atoms with E-state index < -0.39 is 11.5 Å². The van der Waals surface area contributed by atoms with E-state index in [-0.39, 0.29) is 0 Å². The number of hydrogen-bond donors (Lipinski definition) is 2. The van der Waals surface area contributed by atoms with Crippen molar-refractivity contribution in [1.29, 1.82) is 0 Å². The molecular formula is C14H20N2O2. The topological polar surface area (TPSA) is 62.2 Å². The van der Waals surface area contributed by atoms with Crippen LogP contribution in [0.2, 0.25) is 0 Å². The molecule has 1 aromatic heterocycles. The molecule has 2 rings (SSSR count). The molecule has 1 aliphatic carbocycles. The maximum absolute atomic E-state index is 11.4. The van der Waals surface area contributed by atoms with E-state index in [0.29, 0.717) is 6.54 Å². The first-order valence-electron chi connectivity index (χ1n) is 6.61. The summed E-state index contributed by atoms with van der Waals surface area (Å²) >= 11 is 0. The molecule has 0 unspecified atom stereocenters. The minimum absolute atomic E-state index is 0.670. The lowest BCUT2D eigenvalue weighted by molar-refractivity contribution is -0.146. The van der Waals surface area contributed by atoms with Crippen LogP contribution in [-0.4, -0.2) is 28.1 Å². The van der Waals surface area contributed by atoms with E-state index in [1.54, 1.807) is 6.20 Å². The lowest BCUT2D eigenvalue weighted by atomic mass is 9.81. The molecule has 0 aliphatic heterocycles. The highest BCUT2D eigenvalue weighted by atomic mass is 16.4. The van der Waals surface area contributed by atoms with Gasteiger partial charge in [0.25, 0.3) is 0 Å². The molecule has 0 spiro atoms. The molecule has 0 aromatic carbocycles. The third-order valence-corrected chi connectivity index (χ3v) is 3.69. The van der Waals surface area contributed by atoms with Crippen molar-refractivity contribution < 1.29 is 9.90 Å². The number of pyridine rings is 1. The smallest absolute Gasteiger partial charge is 0.323 e. The molecule has 0 atom stereocenters. The Labute approximate surface area is 107 Å². The van der Waals surface area contributed by atoms with Crippen molar-refractivity contribution >= 4 is 5.97 Å². The average molecular weight is 248 g/mol. The second-order valence-electron chi connectivity index (χ2n) is 4.95. The van der Waals surface area contributed by atoms with E-state index in [0.717, 1.165) is 44.2 Å². The fraction of sp³-hybridized carbons (Fsp3) is 0.571. The van der Waals surface area contributed by atoms with Crippen molar-refractivity contribution in [3.05, 3.63) is 30.1 Å². The van der Waals surface area contributed by atoms with Gasteiger partial charge in [0.2, 0.25) is 0 Å². The van der Waals surface area contributed by atoms with Crippen LogP contribution in [0, 0.1) is 0 Å². The van der Waals surface area contributed by atoms with Crippen LogP contribution in [0.15, 0.2) is 24.4 Å². The first kappa shape index (κ1) is 13.0. The molecule has 4 nitrogen and oxygen atoms in total. The fourth-order valence-electron chi connectivity index (χ4n) is 2.60. The first-order valence-corrected chi connectivity index (χ1v) is 6.61. The fourth-order valence-corrected chi connectivity index (χ4v) is 2.60. The maximum Gasteiger partial charge on any atom is 0.323 e. The molecule has 0 bridgehead atoms. The Kier molecular flexibility index (Phi) is 4.31. The third kappa shape index (κ3) is 3.07. The molecule has 18 heavy (non-hydrogen) atoms. The Morgan fingerprint density at radius 2 is 2.11 bits per heavy atom. The molecule has 1 heterocycles. The SMILES string of the molecule is O=C(O)C1(NCCc2ccccn2)CCCCC1. The Hall–Kier alpha value is -1.42. The Morgan fingerprint density at radius 1 is 1.33 bits per heavy atom. The van der Waals surface area contributed by atoms with Gasteiger partial charge in [-0.25, -0.2) is 0 Å². The van der Waals surface area contributed by atoms with E-state index in [4.69, 9.17) is 0 Å². The standard InChI is InChI=1S/C14H20N2O2/c17-13(18)14(8-3-1-4-9-14)16-11-7-12-6-2-5-10-15-12/h2,5-6,10,16H,1,3-4,7-9,11H2,(H,17,18). The summed E-state index contributed by atoms with van der Waals surface area (Å²) in [7, 11) is 0. The van der Waals surface area contributed by atoms with Gasteiger partial charge >= 0.3 is 5.97 Å². The number of nitrogens with one attached hydrogen (secondary N) is 1. The van der Waals surface area contributed by atoms with Gasteiger partial charge in [-0.05, 0) is 25.0 Å². The minimum Gasteiger partial charge on any atom is -0.480 e. The van der Waals surface area contributed by atoms with Crippen LogP contribution in [0.1, 0.15) is 37.8 Å². The van der Waals surface area contributed by atoms with Crippen molar-refractivity contribution in [3.8, 4) is 0 Å². The molecule has 4 heteroatoms. The largest absolute Gasteiger partial charge is 0.480 e. The molecule has 2 N–H and O–H groups in total. The predicted molar refractivity (Wildman–Crippen MR) is 69.4 cm³/mol. The quantitative estimate of drug-likeness (QED) is 0.836. The number of carboxylic acids is 1. The van der Waals surface area contributed by atoms with Crippen LogP contribution in [0.5, 0.6) is 0 Å². The maximum atomic E-state index is 11.4. The summed E-state index contributed by atoms with van der Waals surface area (Å²) in [6, 6.07) is 5.81. The van der Waals surface area contributed by atoms with Gasteiger partial charge in [0, 0.05) is 24.9 Å². The Morgan fingerprint density at radius 3 is 2.72 bits per heavy atom. The highest BCUT2D eigenvalue weighted by Gasteiger charge is 2.38. The van der Waals surface area contributed by atoms with Crippen molar-refractivity contribution in [2.24, 2.45) is 0 Å². The zero-order valence-corrected chi connectivity index (χ0v) is 10.6. The second kappa shape index (κ2) is 5.96. The summed E-state index contributed by atoms with van der Waals surface area (Å²) in [5.41, 5.74) is 0.300. The van der Waals surface area contributed by atoms with Gasteiger partial charge < -0.3 is 10.4 Å². The summed E-state index contributed by atoms with van der Waals surface area (Å²) in [4.78, 5) is 15.7. The highest BCUT2D eigenvalue weighted by molar-refractivity contribution is 5.78. The predicted octanol–water partition coefficient (Wildman–Crippen LogP) is 2.00. The van der Waals surface area contributed by atoms with Crippen LogP contribution in [0.25, 0.3) is 0 Å². The lowest BCUT2D eigenvalue weighted by Gasteiger charge is -2.34. The van der Waals surface area contributed by atoms with E-state index in [1.807, 2.05) is 18.2 Å². The average Bonchev–Trinajstić information content (AvgIpc) is 2.41. The molecule has 0 amide bonds. The lowest BCUT2D eigenvalue weighted by Crippen LogP contribution is -2.53. The van der Waals surface area contributed by atoms with E-state index >= 15 is 0 Å². The zero-order valence-electron chi connectivity index (χ0n) is 10.6. The van der Waals surface area contributed by atoms with Gasteiger partial charge in [-0.3, -0.25) is 9.78 Å². The van der Waals surface area contributed by atoms with Crippen LogP contribution in [0.4, 0.5) is 0 Å². The molecule has 1 saturated carbocycles. The number of aliphatic carboxylic acids is 1. The molecule has 98 valence electrons. The number of carboxylic acid groups (broad SMARTS) is 1. The molecular weight excluding hydrogens is 228 g/mol. The Balaban J connectivity index is 1.88. The van der Waals surface area contributed by atoms with Crippen molar-refractivity contribution in [2.45, 2.75) is 44.1 Å². The van der Waals surface area contributed by atoms with Gasteiger partial charge in [0.05, 0.1) is 0 Å². The van der Waals surface area contributed by atoms with Gasteiger partial charge in [-0.15, -0.1) is 0 Å². The number of aromatic nitrogens is 1. The molecule has 1 aromatic rings. The zero-order chi connectivity index (χ0) is 12.8. The number of rotatable bonds is 5. The summed E-state index contributed by atoms with van der Waals surface area (Å²) < 4.78 is 0. The molecule has 1 aliphatic rings. The summed E-state index contributed by atoms with van der Waals surface area (Å²) in [6.07, 6.45) is 7.18. The number of nitrogens with zero attached hydrogens (tertiary/aromatic N) is 1. The van der Waals surface area contributed by atoms with E-state index in [1.165, 1.54) is 0 Å². The number of hydrogen-bond acceptors (Lipinski definition) is 3. The van der Waals surface area contributed by atoms with Crippen molar-refractivity contribution in [3.63, 3.8) is 0 Å². The van der Waals surface area contributed by atoms with Crippen LogP contribution in [-0.2, 0) is 11.2 Å². The van der Waals surface area contributed by atoms with Gasteiger partial charge in [-0.1, -0.05) is 25.3 Å². The summed E-state index contributed by atoms with van der Waals surface area (Å²) in [6.45, 7) is 0.670. The van der Waals surface area contributed by atoms with Gasteiger partial charge in [-0.2, -0.15) is 0 Å². The van der Waals surface area contributed by atoms with Crippen LogP contribution >= 0.6 is 0 Å². The number of carbonyl (C=O) groups is 1. The van der Waals surface area contributed by atoms with Crippen LogP contribution in [0.3, 0.4) is 0 Å². The van der Waals surface area contributed by atoms with E-state index in [2.05, 4.69) is 10.3 Å². The normalized spacial score (nSPS) is 18.4. The summed E-state index contributed by atoms with van der Waals surface area (Å²) in [5.74, 6) is -0.705. The molecule has 0 radical (unpaired) electrons. The van der Waals surface area contributed by atoms with Crippen LogP contribution < -0.4 is 5.32 Å². The molecule has 1 fully saturated rings. The summed E-state index contributed by atoms with van der Waals surface area (Å²) in [5, 5.41) is 12.7. The van der Waals surface area contributed by atoms with Crippen molar-refractivity contribution in [1.82, 2.24) is 10.3 Å². The second-order valence-corrected chi connectivity index (χ2v) is 4.95. The first-order chi connectivity index (χ1) is 8.73. The third-order valence-electron chi connectivity index (χ3n) is 3.69. The van der Waals surface area contributed by atoms with Crippen molar-refractivity contribution in [2.75, 3.05) is 6.54 Å². The molecule has 0 saturated heterocycles. The highest BCUT2D eigenvalue weighted by Crippen LogP contribution is 2.28. The monoisotopic (exact) mass is 248 g/mol. The van der Waals surface area contributed by atoms with Gasteiger partial charge in [0.1, 0.15) is 5.54 Å². The van der Waals surface area contributed by atoms with E-state index in [9.17, 15) is 9.90 Å². The Bertz CT molecular complexity index is 386. The van der Waals surface area contributed by atoms with Gasteiger partial charge in [0.15, 0.2) is 0 Å². The minimum atomic E-state index is -0.705.